The van der Waals surface area contributed by atoms with Gasteiger partial charge in [-0.05, 0) is 79.8 Å². The van der Waals surface area contributed by atoms with Gasteiger partial charge < -0.3 is 19.9 Å². The molecule has 3 aromatic carbocycles. The minimum absolute atomic E-state index is 0.00261. The Kier molecular flexibility index (Phi) is 6.00. The zero-order valence-electron chi connectivity index (χ0n) is 20.3. The average Bonchev–Trinajstić information content (AvgIpc) is 3.17. The zero-order valence-corrected chi connectivity index (χ0v) is 20.3. The maximum Gasteiger partial charge on any atom is 0.227 e. The summed E-state index contributed by atoms with van der Waals surface area (Å²) in [7, 11) is 1.66. The summed E-state index contributed by atoms with van der Waals surface area (Å²) in [6.07, 6.45) is 1.42. The smallest absolute Gasteiger partial charge is 0.227 e. The van der Waals surface area contributed by atoms with E-state index < -0.39 is 5.60 Å². The molecule has 0 unspecified atom stereocenters. The highest BCUT2D eigenvalue weighted by atomic mass is 16.5. The van der Waals surface area contributed by atoms with Gasteiger partial charge in [-0.1, -0.05) is 24.3 Å². The zero-order chi connectivity index (χ0) is 23.9. The van der Waals surface area contributed by atoms with Crippen LogP contribution in [0.25, 0.3) is 10.8 Å². The van der Waals surface area contributed by atoms with Gasteiger partial charge in [-0.3, -0.25) is 4.79 Å². The van der Waals surface area contributed by atoms with E-state index in [2.05, 4.69) is 18.3 Å². The van der Waals surface area contributed by atoms with E-state index in [1.165, 1.54) is 0 Å². The highest BCUT2D eigenvalue weighted by Gasteiger charge is 2.38. The third kappa shape index (κ3) is 4.24. The molecule has 0 spiro atoms. The number of phenolic OH excluding ortho intramolecular Hbond substituents is 1. The summed E-state index contributed by atoms with van der Waals surface area (Å²) in [6.45, 7) is 10.4. The fourth-order valence-electron chi connectivity index (χ4n) is 4.71. The molecule has 2 atom stereocenters. The quantitative estimate of drug-likeness (QED) is 0.525. The molecule has 0 aliphatic carbocycles. The molecule has 0 fully saturated rings. The first-order valence-electron chi connectivity index (χ1n) is 11.5. The van der Waals surface area contributed by atoms with E-state index in [9.17, 15) is 9.90 Å². The maximum atomic E-state index is 12.9. The number of phenols is 1. The molecule has 4 rings (SSSR count). The van der Waals surface area contributed by atoms with Gasteiger partial charge in [0.1, 0.15) is 22.8 Å². The second kappa shape index (κ2) is 8.62. The number of amides is 1. The molecular weight excluding hydrogens is 414 g/mol. The number of methoxy groups -OCH3 is 1. The summed E-state index contributed by atoms with van der Waals surface area (Å²) in [5, 5.41) is 15.7. The van der Waals surface area contributed by atoms with Gasteiger partial charge in [0, 0.05) is 24.9 Å². The van der Waals surface area contributed by atoms with Crippen molar-refractivity contribution in [3.63, 3.8) is 0 Å². The minimum atomic E-state index is -0.406. The molecule has 5 heteroatoms. The van der Waals surface area contributed by atoms with Crippen molar-refractivity contribution in [2.75, 3.05) is 13.7 Å². The first kappa shape index (κ1) is 23.0. The molecule has 0 saturated carbocycles. The Balaban J connectivity index is 1.39. The summed E-state index contributed by atoms with van der Waals surface area (Å²) in [6, 6.07) is 12.0. The van der Waals surface area contributed by atoms with Crippen molar-refractivity contribution >= 4 is 16.7 Å². The van der Waals surface area contributed by atoms with Crippen LogP contribution in [0.3, 0.4) is 0 Å². The number of hydrogen-bond acceptors (Lipinski definition) is 4. The largest absolute Gasteiger partial charge is 0.507 e. The second-order valence-corrected chi connectivity index (χ2v) is 9.50. The molecule has 1 aliphatic heterocycles. The Morgan fingerprint density at radius 1 is 1.12 bits per heavy atom. The van der Waals surface area contributed by atoms with Crippen LogP contribution >= 0.6 is 0 Å². The third-order valence-electron chi connectivity index (χ3n) is 7.16. The highest BCUT2D eigenvalue weighted by molar-refractivity contribution is 5.88. The van der Waals surface area contributed by atoms with Gasteiger partial charge in [0.15, 0.2) is 0 Å². The summed E-state index contributed by atoms with van der Waals surface area (Å²) in [4.78, 5) is 12.9. The molecule has 0 bridgehead atoms. The number of nitrogens with one attached hydrogen (secondary N) is 1. The van der Waals surface area contributed by atoms with Gasteiger partial charge in [-0.15, -0.1) is 0 Å². The summed E-state index contributed by atoms with van der Waals surface area (Å²) < 4.78 is 11.7. The average molecular weight is 448 g/mol. The highest BCUT2D eigenvalue weighted by Crippen LogP contribution is 2.45. The number of rotatable bonds is 6. The molecule has 0 radical (unpaired) electrons. The molecule has 1 amide bonds. The number of benzene rings is 3. The predicted octanol–water partition coefficient (Wildman–Crippen LogP) is 5.48. The fraction of sp³-hybridized carbons (Fsp3) is 0.393. The number of carbonyl (C=O) groups excluding carboxylic acids is 1. The van der Waals surface area contributed by atoms with Crippen molar-refractivity contribution in [1.29, 1.82) is 0 Å². The lowest BCUT2D eigenvalue weighted by Gasteiger charge is -2.25. The summed E-state index contributed by atoms with van der Waals surface area (Å²) in [5.74, 6) is 1.81. The Morgan fingerprint density at radius 3 is 2.55 bits per heavy atom. The van der Waals surface area contributed by atoms with E-state index in [1.54, 1.807) is 7.11 Å². The van der Waals surface area contributed by atoms with Crippen molar-refractivity contribution in [1.82, 2.24) is 5.32 Å². The third-order valence-corrected chi connectivity index (χ3v) is 7.16. The van der Waals surface area contributed by atoms with Gasteiger partial charge in [-0.25, -0.2) is 0 Å². The number of ether oxygens (including phenoxy) is 2. The molecule has 1 heterocycles. The van der Waals surface area contributed by atoms with Gasteiger partial charge in [-0.2, -0.15) is 0 Å². The van der Waals surface area contributed by atoms with Crippen molar-refractivity contribution in [2.24, 2.45) is 0 Å². The lowest BCUT2D eigenvalue weighted by molar-refractivity contribution is -0.122. The van der Waals surface area contributed by atoms with E-state index in [0.717, 1.165) is 56.5 Å². The standard InChI is InChI=1S/C28H33NO4/c1-16-17(2)26-24(19(4)25(16)30)15-28(5,33-26)11-12-29-27(31)18(3)20-7-8-22-14-23(32-6)10-9-21(22)13-20/h7-10,13-14,18,30H,11-12,15H2,1-6H3,(H,29,31)/t18-,28-/m0/s1. The number of fused-ring (bicyclic) bond motifs is 2. The molecule has 3 aromatic rings. The van der Waals surface area contributed by atoms with Crippen molar-refractivity contribution in [3.8, 4) is 17.2 Å². The Morgan fingerprint density at radius 2 is 1.82 bits per heavy atom. The van der Waals surface area contributed by atoms with Crippen LogP contribution in [0.4, 0.5) is 0 Å². The van der Waals surface area contributed by atoms with E-state index in [0.29, 0.717) is 18.7 Å². The lowest BCUT2D eigenvalue weighted by atomic mass is 9.91. The van der Waals surface area contributed by atoms with E-state index in [-0.39, 0.29) is 11.8 Å². The van der Waals surface area contributed by atoms with Crippen molar-refractivity contribution in [2.45, 2.75) is 59.0 Å². The first-order chi connectivity index (χ1) is 15.6. The van der Waals surface area contributed by atoms with Gasteiger partial charge in [0.25, 0.3) is 0 Å². The second-order valence-electron chi connectivity index (χ2n) is 9.50. The number of carbonyl (C=O) groups is 1. The molecule has 1 aliphatic rings. The fourth-order valence-corrected chi connectivity index (χ4v) is 4.71. The van der Waals surface area contributed by atoms with Crippen LogP contribution in [-0.4, -0.2) is 30.3 Å². The van der Waals surface area contributed by atoms with E-state index in [4.69, 9.17) is 9.47 Å². The molecular formula is C28H33NO4. The SMILES string of the molecule is COc1ccc2cc([C@H](C)C(=O)NCC[C@@]3(C)Cc4c(C)c(O)c(C)c(C)c4O3)ccc2c1. The first-order valence-corrected chi connectivity index (χ1v) is 11.5. The van der Waals surface area contributed by atoms with Crippen LogP contribution in [0.1, 0.15) is 54.0 Å². The van der Waals surface area contributed by atoms with Gasteiger partial charge in [0.05, 0.1) is 13.0 Å². The Labute approximate surface area is 195 Å². The minimum Gasteiger partial charge on any atom is -0.507 e. The normalized spacial score (nSPS) is 18.0. The van der Waals surface area contributed by atoms with Crippen LogP contribution < -0.4 is 14.8 Å². The molecule has 174 valence electrons. The van der Waals surface area contributed by atoms with Crippen LogP contribution in [0.15, 0.2) is 36.4 Å². The molecule has 0 aromatic heterocycles. The van der Waals surface area contributed by atoms with Gasteiger partial charge in [0.2, 0.25) is 5.91 Å². The maximum absolute atomic E-state index is 12.9. The number of aromatic hydroxyl groups is 1. The van der Waals surface area contributed by atoms with Crippen LogP contribution in [0.5, 0.6) is 17.2 Å². The van der Waals surface area contributed by atoms with E-state index in [1.807, 2.05) is 58.0 Å². The summed E-state index contributed by atoms with van der Waals surface area (Å²) in [5.41, 5.74) is 4.40. The monoisotopic (exact) mass is 447 g/mol. The van der Waals surface area contributed by atoms with Gasteiger partial charge >= 0.3 is 0 Å². The topological polar surface area (TPSA) is 67.8 Å². The molecule has 5 nitrogen and oxygen atoms in total. The number of hydrogen-bond donors (Lipinski definition) is 2. The Bertz CT molecular complexity index is 1190. The van der Waals surface area contributed by atoms with Crippen LogP contribution in [-0.2, 0) is 11.2 Å². The molecule has 2 N–H and O–H groups in total. The Hall–Kier alpha value is -3.21. The van der Waals surface area contributed by atoms with Crippen LogP contribution in [0, 0.1) is 20.8 Å². The van der Waals surface area contributed by atoms with Crippen molar-refractivity contribution in [3.05, 3.63) is 64.2 Å². The molecule has 33 heavy (non-hydrogen) atoms. The lowest BCUT2D eigenvalue weighted by Crippen LogP contribution is -2.37. The van der Waals surface area contributed by atoms with E-state index >= 15 is 0 Å². The van der Waals surface area contributed by atoms with Crippen LogP contribution in [0.2, 0.25) is 0 Å². The molecule has 0 saturated heterocycles. The summed E-state index contributed by atoms with van der Waals surface area (Å²) >= 11 is 0. The predicted molar refractivity (Wildman–Crippen MR) is 132 cm³/mol. The van der Waals surface area contributed by atoms with Crippen molar-refractivity contribution < 1.29 is 19.4 Å².